The third-order valence-electron chi connectivity index (χ3n) is 2.71. The zero-order valence-electron chi connectivity index (χ0n) is 11.5. The normalized spacial score (nSPS) is 10.4. The van der Waals surface area contributed by atoms with Gasteiger partial charge in [-0.15, -0.1) is 0 Å². The highest BCUT2D eigenvalue weighted by Gasteiger charge is 2.31. The smallest absolute Gasteiger partial charge is 0.320 e. The summed E-state index contributed by atoms with van der Waals surface area (Å²) in [7, 11) is 0. The lowest BCUT2D eigenvalue weighted by Crippen LogP contribution is -2.30. The maximum atomic E-state index is 11.9. The van der Waals surface area contributed by atoms with Gasteiger partial charge in [-0.1, -0.05) is 17.7 Å². The molecule has 20 heavy (non-hydrogen) atoms. The molecule has 0 fully saturated rings. The first-order valence-electron chi connectivity index (χ1n) is 6.37. The molecule has 0 aromatic heterocycles. The Kier molecular flexibility index (Phi) is 6.31. The van der Waals surface area contributed by atoms with Crippen LogP contribution >= 0.6 is 11.6 Å². The molecule has 0 amide bonds. The summed E-state index contributed by atoms with van der Waals surface area (Å²) in [5.74, 6) is -2.33. The molecule has 0 radical (unpaired) electrons. The van der Waals surface area contributed by atoms with E-state index in [2.05, 4.69) is 0 Å². The predicted octanol–water partition coefficient (Wildman–Crippen LogP) is 2.21. The molecular formula is C14H18ClNO4. The van der Waals surface area contributed by atoms with E-state index >= 15 is 0 Å². The Morgan fingerprint density at radius 2 is 1.75 bits per heavy atom. The lowest BCUT2D eigenvalue weighted by molar-refractivity contribution is -0.161. The fourth-order valence-electron chi connectivity index (χ4n) is 1.74. The Labute approximate surface area is 123 Å². The molecule has 0 aliphatic heterocycles. The van der Waals surface area contributed by atoms with Gasteiger partial charge in [-0.25, -0.2) is 0 Å². The fourth-order valence-corrected chi connectivity index (χ4v) is 2.00. The van der Waals surface area contributed by atoms with Crippen LogP contribution in [-0.2, 0) is 25.5 Å². The Hall–Kier alpha value is -1.75. The van der Waals surface area contributed by atoms with Gasteiger partial charge in [0.25, 0.3) is 0 Å². The molecule has 0 saturated carbocycles. The zero-order chi connectivity index (χ0) is 15.1. The monoisotopic (exact) mass is 299 g/mol. The van der Waals surface area contributed by atoms with Gasteiger partial charge in [0.15, 0.2) is 5.92 Å². The highest BCUT2D eigenvalue weighted by atomic mass is 35.5. The van der Waals surface area contributed by atoms with E-state index in [1.807, 2.05) is 0 Å². The number of ether oxygens (including phenoxy) is 2. The first-order valence-corrected chi connectivity index (χ1v) is 6.75. The second-order valence-corrected chi connectivity index (χ2v) is 4.48. The van der Waals surface area contributed by atoms with Crippen LogP contribution in [0.5, 0.6) is 0 Å². The number of carbonyl (C=O) groups excluding carboxylic acids is 2. The van der Waals surface area contributed by atoms with Crippen molar-refractivity contribution in [2.24, 2.45) is 5.92 Å². The molecule has 0 unspecified atom stereocenters. The van der Waals surface area contributed by atoms with Crippen LogP contribution in [0.3, 0.4) is 0 Å². The third kappa shape index (κ3) is 4.13. The highest BCUT2D eigenvalue weighted by Crippen LogP contribution is 2.26. The number of hydrogen-bond acceptors (Lipinski definition) is 5. The molecule has 1 aromatic rings. The van der Waals surface area contributed by atoms with Crippen LogP contribution in [0, 0.1) is 5.92 Å². The molecule has 0 saturated heterocycles. The summed E-state index contributed by atoms with van der Waals surface area (Å²) in [6, 6.07) is 5.01. The Morgan fingerprint density at radius 1 is 1.20 bits per heavy atom. The van der Waals surface area contributed by atoms with E-state index in [9.17, 15) is 9.59 Å². The number of hydrogen-bond donors (Lipinski definition) is 1. The lowest BCUT2D eigenvalue weighted by atomic mass is 9.98. The molecule has 6 heteroatoms. The summed E-state index contributed by atoms with van der Waals surface area (Å²) in [5.41, 5.74) is 6.80. The van der Waals surface area contributed by atoms with Crippen LogP contribution in [0.4, 0.5) is 5.69 Å². The van der Waals surface area contributed by atoms with Crippen molar-refractivity contribution in [3.05, 3.63) is 28.8 Å². The van der Waals surface area contributed by atoms with E-state index in [4.69, 9.17) is 26.8 Å². The SMILES string of the molecule is CCOC(=O)C(Cc1c(N)cccc1Cl)C(=O)OCC. The Balaban J connectivity index is 3.00. The van der Waals surface area contributed by atoms with Gasteiger partial charge < -0.3 is 15.2 Å². The molecule has 0 aliphatic rings. The van der Waals surface area contributed by atoms with E-state index in [0.717, 1.165) is 0 Å². The quantitative estimate of drug-likeness (QED) is 0.495. The van der Waals surface area contributed by atoms with Gasteiger partial charge in [0, 0.05) is 10.7 Å². The summed E-state index contributed by atoms with van der Waals surface area (Å²) in [5, 5.41) is 0.406. The number of halogens is 1. The van der Waals surface area contributed by atoms with Crippen molar-refractivity contribution in [1.29, 1.82) is 0 Å². The highest BCUT2D eigenvalue weighted by molar-refractivity contribution is 6.31. The van der Waals surface area contributed by atoms with E-state index in [1.54, 1.807) is 32.0 Å². The molecular weight excluding hydrogens is 282 g/mol. The molecule has 0 heterocycles. The van der Waals surface area contributed by atoms with Crippen LogP contribution in [0.2, 0.25) is 5.02 Å². The molecule has 5 nitrogen and oxygen atoms in total. The first kappa shape index (κ1) is 16.3. The van der Waals surface area contributed by atoms with Gasteiger partial charge in [-0.2, -0.15) is 0 Å². The largest absolute Gasteiger partial charge is 0.465 e. The van der Waals surface area contributed by atoms with Crippen molar-refractivity contribution < 1.29 is 19.1 Å². The summed E-state index contributed by atoms with van der Waals surface area (Å²) >= 11 is 6.05. The molecule has 110 valence electrons. The number of benzene rings is 1. The minimum absolute atomic E-state index is 0.0587. The number of esters is 2. The Morgan fingerprint density at radius 3 is 2.20 bits per heavy atom. The van der Waals surface area contributed by atoms with Crippen LogP contribution in [-0.4, -0.2) is 25.2 Å². The maximum Gasteiger partial charge on any atom is 0.320 e. The molecule has 0 aliphatic carbocycles. The average molecular weight is 300 g/mol. The van der Waals surface area contributed by atoms with Crippen molar-refractivity contribution in [2.75, 3.05) is 18.9 Å². The second kappa shape index (κ2) is 7.75. The lowest BCUT2D eigenvalue weighted by Gasteiger charge is -2.16. The van der Waals surface area contributed by atoms with Gasteiger partial charge in [0.1, 0.15) is 0 Å². The van der Waals surface area contributed by atoms with Crippen molar-refractivity contribution in [3.8, 4) is 0 Å². The van der Waals surface area contributed by atoms with Gasteiger partial charge >= 0.3 is 11.9 Å². The molecule has 1 rings (SSSR count). The number of anilines is 1. The van der Waals surface area contributed by atoms with Crippen molar-refractivity contribution >= 4 is 29.2 Å². The number of nitrogen functional groups attached to an aromatic ring is 1. The second-order valence-electron chi connectivity index (χ2n) is 4.07. The van der Waals surface area contributed by atoms with Crippen LogP contribution in [0.25, 0.3) is 0 Å². The standard InChI is InChI=1S/C14H18ClNO4/c1-3-19-13(17)10(14(18)20-4-2)8-9-11(15)6-5-7-12(9)16/h5-7,10H,3-4,8,16H2,1-2H3. The maximum absolute atomic E-state index is 11.9. The first-order chi connectivity index (χ1) is 9.51. The average Bonchev–Trinajstić information content (AvgIpc) is 2.38. The number of carbonyl (C=O) groups is 2. The van der Waals surface area contributed by atoms with E-state index in [1.165, 1.54) is 0 Å². The fraction of sp³-hybridized carbons (Fsp3) is 0.429. The van der Waals surface area contributed by atoms with Crippen molar-refractivity contribution in [1.82, 2.24) is 0 Å². The van der Waals surface area contributed by atoms with Crippen molar-refractivity contribution in [2.45, 2.75) is 20.3 Å². The summed E-state index contributed by atoms with van der Waals surface area (Å²) in [4.78, 5) is 23.8. The van der Waals surface area contributed by atoms with Crippen LogP contribution in [0.15, 0.2) is 18.2 Å². The topological polar surface area (TPSA) is 78.6 Å². The summed E-state index contributed by atoms with van der Waals surface area (Å²) in [6.07, 6.45) is 0.0587. The van der Waals surface area contributed by atoms with E-state index in [-0.39, 0.29) is 19.6 Å². The summed E-state index contributed by atoms with van der Waals surface area (Å²) in [6.45, 7) is 3.72. The molecule has 1 aromatic carbocycles. The number of rotatable bonds is 6. The van der Waals surface area contributed by atoms with Crippen LogP contribution < -0.4 is 5.73 Å². The Bertz CT molecular complexity index is 452. The molecule has 0 spiro atoms. The van der Waals surface area contributed by atoms with Crippen molar-refractivity contribution in [3.63, 3.8) is 0 Å². The van der Waals surface area contributed by atoms with Crippen LogP contribution in [0.1, 0.15) is 19.4 Å². The van der Waals surface area contributed by atoms with Gasteiger partial charge in [-0.05, 0) is 38.0 Å². The number of nitrogens with two attached hydrogens (primary N) is 1. The van der Waals surface area contributed by atoms with Gasteiger partial charge in [-0.3, -0.25) is 9.59 Å². The minimum atomic E-state index is -1.06. The minimum Gasteiger partial charge on any atom is -0.465 e. The zero-order valence-corrected chi connectivity index (χ0v) is 12.3. The third-order valence-corrected chi connectivity index (χ3v) is 3.06. The van der Waals surface area contributed by atoms with Gasteiger partial charge in [0.05, 0.1) is 13.2 Å². The summed E-state index contributed by atoms with van der Waals surface area (Å²) < 4.78 is 9.80. The molecule has 2 N–H and O–H groups in total. The van der Waals surface area contributed by atoms with Gasteiger partial charge in [0.2, 0.25) is 0 Å². The van der Waals surface area contributed by atoms with E-state index in [0.29, 0.717) is 16.3 Å². The predicted molar refractivity (Wildman–Crippen MR) is 76.3 cm³/mol. The van der Waals surface area contributed by atoms with E-state index < -0.39 is 17.9 Å². The molecule has 0 atom stereocenters. The molecule has 0 bridgehead atoms.